The van der Waals surface area contributed by atoms with Crippen LogP contribution in [0.4, 0.5) is 15.9 Å². The fourth-order valence-corrected chi connectivity index (χ4v) is 5.65. The van der Waals surface area contributed by atoms with Gasteiger partial charge in [-0.1, -0.05) is 23.7 Å². The summed E-state index contributed by atoms with van der Waals surface area (Å²) < 4.78 is 55.2. The van der Waals surface area contributed by atoms with Crippen LogP contribution >= 0.6 is 11.6 Å². The first-order valence-corrected chi connectivity index (χ1v) is 15.9. The second kappa shape index (κ2) is 13.2. The smallest absolute Gasteiger partial charge is 0.155 e. The molecule has 3 heterocycles. The predicted molar refractivity (Wildman–Crippen MR) is 164 cm³/mol. The average molecular weight is 627 g/mol. The lowest BCUT2D eigenvalue weighted by atomic mass is 9.91. The van der Waals surface area contributed by atoms with Crippen LogP contribution in [-0.2, 0) is 31.5 Å². The number of hydrogen-bond acceptors (Lipinski definition) is 9. The minimum Gasteiger partial charge on any atom is -0.488 e. The van der Waals surface area contributed by atoms with Crippen molar-refractivity contribution in [3.63, 3.8) is 0 Å². The molecular weight excluding hydrogens is 595 g/mol. The fourth-order valence-electron chi connectivity index (χ4n) is 4.60. The molecule has 0 fully saturated rings. The summed E-state index contributed by atoms with van der Waals surface area (Å²) >= 11 is 6.50. The zero-order chi connectivity index (χ0) is 30.5. The van der Waals surface area contributed by atoms with E-state index in [-0.39, 0.29) is 24.8 Å². The van der Waals surface area contributed by atoms with Crippen molar-refractivity contribution in [2.75, 3.05) is 24.3 Å². The van der Waals surface area contributed by atoms with Crippen LogP contribution in [0.3, 0.4) is 0 Å². The van der Waals surface area contributed by atoms with E-state index in [9.17, 15) is 12.8 Å². The number of nitrogens with zero attached hydrogens (tertiary/aromatic N) is 3. The van der Waals surface area contributed by atoms with Gasteiger partial charge in [-0.2, -0.15) is 0 Å². The number of halogens is 2. The highest BCUT2D eigenvalue weighted by Crippen LogP contribution is 2.39. The second-order valence-electron chi connectivity index (χ2n) is 10.5. The van der Waals surface area contributed by atoms with Crippen LogP contribution in [0.25, 0.3) is 10.9 Å². The molecule has 1 atom stereocenters. The first kappa shape index (κ1) is 30.7. The molecule has 0 saturated carbocycles. The number of sulfone groups is 1. The largest absolute Gasteiger partial charge is 0.488 e. The Bertz CT molecular complexity index is 1730. The lowest BCUT2D eigenvalue weighted by molar-refractivity contribution is -0.000462. The number of pyridine rings is 1. The Balaban J connectivity index is 1.30. The van der Waals surface area contributed by atoms with E-state index in [2.05, 4.69) is 20.3 Å². The lowest BCUT2D eigenvalue weighted by Gasteiger charge is -2.28. The summed E-state index contributed by atoms with van der Waals surface area (Å²) in [4.78, 5) is 13.5. The molecule has 1 aliphatic rings. The highest BCUT2D eigenvalue weighted by Gasteiger charge is 2.37. The number of rotatable bonds is 13. The predicted octanol–water partition coefficient (Wildman–Crippen LogP) is 6.50. The molecule has 0 spiro atoms. The molecule has 2 aromatic carbocycles. The van der Waals surface area contributed by atoms with E-state index in [1.807, 2.05) is 18.2 Å². The third kappa shape index (κ3) is 7.41. The van der Waals surface area contributed by atoms with Gasteiger partial charge in [-0.3, -0.25) is 4.98 Å². The highest BCUT2D eigenvalue weighted by atomic mass is 35.5. The zero-order valence-corrected chi connectivity index (χ0v) is 25.4. The van der Waals surface area contributed by atoms with Gasteiger partial charge in [0.05, 0.1) is 52.9 Å². The van der Waals surface area contributed by atoms with Crippen molar-refractivity contribution in [2.24, 2.45) is 0 Å². The number of nitrogens with one attached hydrogen (secondary N) is 1. The van der Waals surface area contributed by atoms with Crippen molar-refractivity contribution in [3.8, 4) is 5.75 Å². The van der Waals surface area contributed by atoms with E-state index < -0.39 is 20.7 Å². The second-order valence-corrected chi connectivity index (χ2v) is 13.5. The standard InChI is InChI=1S/C31H32ClFN4O5S/c1-21(2)43(38,39)14-13-40-12-10-31(9-4-11-42-31)29-17-25-27(18-34-29)35-20-36-30(25)37-24-7-8-28(26(32)16-24)41-19-22-5-3-6-23(33)15-22/h3-8,11,15-18,20-21H,9-10,12-14,19H2,1-2H3,(H,35,36,37). The van der Waals surface area contributed by atoms with Crippen LogP contribution in [0.1, 0.15) is 37.9 Å². The normalized spacial score (nSPS) is 16.5. The molecule has 1 unspecified atom stereocenters. The number of hydrogen-bond donors (Lipinski definition) is 1. The molecular formula is C31H32ClFN4O5S. The van der Waals surface area contributed by atoms with Crippen LogP contribution < -0.4 is 10.1 Å². The zero-order valence-electron chi connectivity index (χ0n) is 23.8. The Morgan fingerprint density at radius 1 is 1.12 bits per heavy atom. The highest BCUT2D eigenvalue weighted by molar-refractivity contribution is 7.91. The number of ether oxygens (including phenoxy) is 3. The summed E-state index contributed by atoms with van der Waals surface area (Å²) in [7, 11) is -3.17. The molecule has 9 nitrogen and oxygen atoms in total. The first-order valence-electron chi connectivity index (χ1n) is 13.8. The maximum Gasteiger partial charge on any atom is 0.155 e. The van der Waals surface area contributed by atoms with E-state index in [1.165, 1.54) is 18.5 Å². The van der Waals surface area contributed by atoms with Crippen molar-refractivity contribution in [3.05, 3.63) is 95.5 Å². The van der Waals surface area contributed by atoms with Crippen molar-refractivity contribution in [1.82, 2.24) is 15.0 Å². The minimum absolute atomic E-state index is 0.0263. The average Bonchev–Trinajstić information content (AvgIpc) is 3.46. The quantitative estimate of drug-likeness (QED) is 0.166. The number of benzene rings is 2. The molecule has 0 radical (unpaired) electrons. The first-order chi connectivity index (χ1) is 20.6. The van der Waals surface area contributed by atoms with E-state index in [0.717, 1.165) is 5.39 Å². The molecule has 43 heavy (non-hydrogen) atoms. The third-order valence-electron chi connectivity index (χ3n) is 7.18. The minimum atomic E-state index is -3.17. The van der Waals surface area contributed by atoms with E-state index in [1.54, 1.807) is 50.6 Å². The number of anilines is 2. The number of aromatic nitrogens is 3. The van der Waals surface area contributed by atoms with Crippen LogP contribution in [-0.4, -0.2) is 47.6 Å². The summed E-state index contributed by atoms with van der Waals surface area (Å²) in [5, 5.41) is 3.98. The Labute approximate surface area is 255 Å². The topological polar surface area (TPSA) is 113 Å². The summed E-state index contributed by atoms with van der Waals surface area (Å²) in [6.07, 6.45) is 7.76. The molecule has 0 amide bonds. The Morgan fingerprint density at radius 3 is 2.72 bits per heavy atom. The summed E-state index contributed by atoms with van der Waals surface area (Å²) in [5.41, 5.74) is 1.93. The molecule has 0 aliphatic carbocycles. The molecule has 12 heteroatoms. The van der Waals surface area contributed by atoms with Gasteiger partial charge in [0, 0.05) is 23.9 Å². The van der Waals surface area contributed by atoms with Crippen molar-refractivity contribution < 1.29 is 27.0 Å². The van der Waals surface area contributed by atoms with Gasteiger partial charge in [0.1, 0.15) is 30.3 Å². The molecule has 5 rings (SSSR count). The van der Waals surface area contributed by atoms with Gasteiger partial charge < -0.3 is 19.5 Å². The van der Waals surface area contributed by atoms with Crippen LogP contribution in [0.5, 0.6) is 5.75 Å². The summed E-state index contributed by atoms with van der Waals surface area (Å²) in [6, 6.07) is 13.4. The fraction of sp³-hybridized carbons (Fsp3) is 0.323. The third-order valence-corrected chi connectivity index (χ3v) is 9.65. The van der Waals surface area contributed by atoms with Gasteiger partial charge in [0.2, 0.25) is 0 Å². The van der Waals surface area contributed by atoms with E-state index in [0.29, 0.717) is 58.5 Å². The van der Waals surface area contributed by atoms with Crippen LogP contribution in [0, 0.1) is 5.82 Å². The van der Waals surface area contributed by atoms with Gasteiger partial charge >= 0.3 is 0 Å². The molecule has 1 N–H and O–H groups in total. The van der Waals surface area contributed by atoms with Crippen molar-refractivity contribution >= 4 is 43.8 Å². The SMILES string of the molecule is CC(C)S(=O)(=O)CCOCCC1(c2cc3c(Nc4ccc(OCc5cccc(F)c5)c(Cl)c4)ncnc3cn2)CC=CO1. The van der Waals surface area contributed by atoms with E-state index >= 15 is 0 Å². The van der Waals surface area contributed by atoms with Crippen LogP contribution in [0.15, 0.2) is 73.4 Å². The maximum atomic E-state index is 13.5. The van der Waals surface area contributed by atoms with Gasteiger partial charge in [-0.25, -0.2) is 22.8 Å². The molecule has 226 valence electrons. The monoisotopic (exact) mass is 626 g/mol. The summed E-state index contributed by atoms with van der Waals surface area (Å²) in [5.74, 6) is 0.662. The van der Waals surface area contributed by atoms with Gasteiger partial charge in [0.15, 0.2) is 15.4 Å². The van der Waals surface area contributed by atoms with Gasteiger partial charge in [-0.15, -0.1) is 0 Å². The Hall–Kier alpha value is -3.80. The maximum absolute atomic E-state index is 13.5. The lowest BCUT2D eigenvalue weighted by Crippen LogP contribution is -2.29. The molecule has 4 aromatic rings. The molecule has 0 saturated heterocycles. The van der Waals surface area contributed by atoms with Gasteiger partial charge in [-0.05, 0) is 61.9 Å². The van der Waals surface area contributed by atoms with Crippen LogP contribution in [0.2, 0.25) is 5.02 Å². The molecule has 2 aromatic heterocycles. The summed E-state index contributed by atoms with van der Waals surface area (Å²) in [6.45, 7) is 3.93. The molecule has 1 aliphatic heterocycles. The van der Waals surface area contributed by atoms with E-state index in [4.69, 9.17) is 25.8 Å². The van der Waals surface area contributed by atoms with Crippen molar-refractivity contribution in [1.29, 1.82) is 0 Å². The van der Waals surface area contributed by atoms with Gasteiger partial charge in [0.25, 0.3) is 0 Å². The Morgan fingerprint density at radius 2 is 1.98 bits per heavy atom. The van der Waals surface area contributed by atoms with Crippen molar-refractivity contribution in [2.45, 2.75) is 44.1 Å². The Kier molecular flexibility index (Phi) is 9.43. The number of fused-ring (bicyclic) bond motifs is 1. The molecule has 0 bridgehead atoms.